The Morgan fingerprint density at radius 3 is 2.56 bits per heavy atom. The number of benzene rings is 2. The van der Waals surface area contributed by atoms with E-state index in [0.29, 0.717) is 18.9 Å². The summed E-state index contributed by atoms with van der Waals surface area (Å²) in [6.45, 7) is 5.42. The minimum Gasteiger partial charge on any atom is -0.491 e. The number of urea groups is 1. The maximum atomic E-state index is 12.9. The number of anilines is 1. The summed E-state index contributed by atoms with van der Waals surface area (Å²) in [6, 6.07) is 15.9. The zero-order chi connectivity index (χ0) is 19.1. The number of amides is 2. The molecule has 27 heavy (non-hydrogen) atoms. The van der Waals surface area contributed by atoms with Gasteiger partial charge in [0, 0.05) is 31.9 Å². The fraction of sp³-hybridized carbons (Fsp3) is 0.381. The smallest absolute Gasteiger partial charge is 0.317 e. The highest BCUT2D eigenvalue weighted by Gasteiger charge is 2.20. The van der Waals surface area contributed by atoms with Crippen molar-refractivity contribution in [2.24, 2.45) is 0 Å². The SMILES string of the molecule is CC(COc1ccc(F)cc1)NC(=O)N1CCCN(c2ccccc2)CC1. The van der Waals surface area contributed by atoms with Crippen molar-refractivity contribution in [1.82, 2.24) is 10.2 Å². The summed E-state index contributed by atoms with van der Waals surface area (Å²) >= 11 is 0. The van der Waals surface area contributed by atoms with Crippen molar-refractivity contribution >= 4 is 11.7 Å². The third-order valence-corrected chi connectivity index (χ3v) is 4.59. The second-order valence-electron chi connectivity index (χ2n) is 6.78. The van der Waals surface area contributed by atoms with Crippen LogP contribution in [0.25, 0.3) is 0 Å². The van der Waals surface area contributed by atoms with Crippen molar-refractivity contribution in [2.45, 2.75) is 19.4 Å². The summed E-state index contributed by atoms with van der Waals surface area (Å²) in [5.41, 5.74) is 1.20. The predicted molar refractivity (Wildman–Crippen MR) is 105 cm³/mol. The van der Waals surface area contributed by atoms with Crippen LogP contribution in [-0.4, -0.2) is 49.8 Å². The highest BCUT2D eigenvalue weighted by molar-refractivity contribution is 5.74. The normalized spacial score (nSPS) is 15.8. The first-order valence-electron chi connectivity index (χ1n) is 9.35. The highest BCUT2D eigenvalue weighted by Crippen LogP contribution is 2.16. The molecule has 2 aromatic rings. The van der Waals surface area contributed by atoms with Gasteiger partial charge in [0.15, 0.2) is 0 Å². The Hall–Kier alpha value is -2.76. The van der Waals surface area contributed by atoms with Crippen LogP contribution in [0.3, 0.4) is 0 Å². The summed E-state index contributed by atoms with van der Waals surface area (Å²) in [4.78, 5) is 16.7. The van der Waals surface area contributed by atoms with Gasteiger partial charge in [0.05, 0.1) is 6.04 Å². The average molecular weight is 371 g/mol. The van der Waals surface area contributed by atoms with Gasteiger partial charge in [-0.15, -0.1) is 0 Å². The quantitative estimate of drug-likeness (QED) is 0.875. The monoisotopic (exact) mass is 371 g/mol. The van der Waals surface area contributed by atoms with Crippen LogP contribution in [-0.2, 0) is 0 Å². The third-order valence-electron chi connectivity index (χ3n) is 4.59. The Labute approximate surface area is 159 Å². The van der Waals surface area contributed by atoms with Gasteiger partial charge in [-0.3, -0.25) is 0 Å². The number of rotatable bonds is 5. The number of halogens is 1. The van der Waals surface area contributed by atoms with Gasteiger partial charge in [0.25, 0.3) is 0 Å². The van der Waals surface area contributed by atoms with E-state index in [2.05, 4.69) is 22.3 Å². The van der Waals surface area contributed by atoms with Crippen LogP contribution in [0.4, 0.5) is 14.9 Å². The van der Waals surface area contributed by atoms with Gasteiger partial charge in [-0.05, 0) is 49.7 Å². The van der Waals surface area contributed by atoms with Gasteiger partial charge in [-0.2, -0.15) is 0 Å². The van der Waals surface area contributed by atoms with Gasteiger partial charge < -0.3 is 19.9 Å². The van der Waals surface area contributed by atoms with Gasteiger partial charge in [0.1, 0.15) is 18.2 Å². The predicted octanol–water partition coefficient (Wildman–Crippen LogP) is 3.51. The Morgan fingerprint density at radius 1 is 1.07 bits per heavy atom. The molecule has 144 valence electrons. The first-order chi connectivity index (χ1) is 13.1. The molecule has 3 rings (SSSR count). The number of nitrogens with zero attached hydrogens (tertiary/aromatic N) is 2. The molecule has 2 aromatic carbocycles. The molecule has 0 aromatic heterocycles. The number of hydrogen-bond donors (Lipinski definition) is 1. The fourth-order valence-electron chi connectivity index (χ4n) is 3.11. The van der Waals surface area contributed by atoms with Gasteiger partial charge in [-0.1, -0.05) is 18.2 Å². The van der Waals surface area contributed by atoms with Crippen molar-refractivity contribution in [2.75, 3.05) is 37.7 Å². The molecule has 1 heterocycles. The van der Waals surface area contributed by atoms with Crippen LogP contribution in [0.15, 0.2) is 54.6 Å². The topological polar surface area (TPSA) is 44.8 Å². The molecule has 1 aliphatic heterocycles. The van der Waals surface area contributed by atoms with Gasteiger partial charge in [0.2, 0.25) is 0 Å². The van der Waals surface area contributed by atoms with Crippen LogP contribution in [0.2, 0.25) is 0 Å². The van der Waals surface area contributed by atoms with Crippen LogP contribution >= 0.6 is 0 Å². The summed E-state index contributed by atoms with van der Waals surface area (Å²) in [7, 11) is 0. The van der Waals surface area contributed by atoms with Crippen molar-refractivity contribution in [3.8, 4) is 5.75 Å². The molecule has 2 amide bonds. The molecule has 1 unspecified atom stereocenters. The largest absolute Gasteiger partial charge is 0.491 e. The lowest BCUT2D eigenvalue weighted by Crippen LogP contribution is -2.47. The third kappa shape index (κ3) is 5.61. The van der Waals surface area contributed by atoms with Crippen molar-refractivity contribution in [1.29, 1.82) is 0 Å². The molecule has 1 aliphatic rings. The minimum absolute atomic E-state index is 0.0693. The summed E-state index contributed by atoms with van der Waals surface area (Å²) in [5.74, 6) is 0.292. The maximum Gasteiger partial charge on any atom is 0.317 e. The Balaban J connectivity index is 1.45. The summed E-state index contributed by atoms with van der Waals surface area (Å²) < 4.78 is 18.5. The summed E-state index contributed by atoms with van der Waals surface area (Å²) in [6.07, 6.45) is 0.933. The van der Waals surface area contributed by atoms with Crippen LogP contribution in [0.1, 0.15) is 13.3 Å². The minimum atomic E-state index is -0.297. The number of carbonyl (C=O) groups excluding carboxylic acids is 1. The van der Waals surface area contributed by atoms with E-state index in [1.807, 2.05) is 30.0 Å². The molecular formula is C21H26FN3O2. The molecule has 0 saturated carbocycles. The highest BCUT2D eigenvalue weighted by atomic mass is 19.1. The molecule has 1 saturated heterocycles. The van der Waals surface area contributed by atoms with E-state index in [-0.39, 0.29) is 17.9 Å². The Morgan fingerprint density at radius 2 is 1.81 bits per heavy atom. The van der Waals surface area contributed by atoms with E-state index >= 15 is 0 Å². The van der Waals surface area contributed by atoms with Crippen molar-refractivity contribution in [3.05, 3.63) is 60.4 Å². The van der Waals surface area contributed by atoms with E-state index in [4.69, 9.17) is 4.74 Å². The maximum absolute atomic E-state index is 12.9. The van der Waals surface area contributed by atoms with E-state index in [1.54, 1.807) is 12.1 Å². The van der Waals surface area contributed by atoms with E-state index in [1.165, 1.54) is 17.8 Å². The van der Waals surface area contributed by atoms with E-state index < -0.39 is 0 Å². The number of ether oxygens (including phenoxy) is 1. The standard InChI is InChI=1S/C21H26FN3O2/c1-17(16-27-20-10-8-18(22)9-11-20)23-21(26)25-13-5-12-24(14-15-25)19-6-3-2-4-7-19/h2-4,6-11,17H,5,12-16H2,1H3,(H,23,26). The van der Waals surface area contributed by atoms with E-state index in [0.717, 1.165) is 26.1 Å². The van der Waals surface area contributed by atoms with Gasteiger partial charge in [-0.25, -0.2) is 9.18 Å². The van der Waals surface area contributed by atoms with E-state index in [9.17, 15) is 9.18 Å². The zero-order valence-corrected chi connectivity index (χ0v) is 15.6. The fourth-order valence-corrected chi connectivity index (χ4v) is 3.11. The molecule has 0 spiro atoms. The zero-order valence-electron chi connectivity index (χ0n) is 15.6. The lowest BCUT2D eigenvalue weighted by molar-refractivity contribution is 0.190. The van der Waals surface area contributed by atoms with Crippen molar-refractivity contribution < 1.29 is 13.9 Å². The molecular weight excluding hydrogens is 345 g/mol. The molecule has 5 nitrogen and oxygen atoms in total. The van der Waals surface area contributed by atoms with Crippen LogP contribution < -0.4 is 15.0 Å². The number of para-hydroxylation sites is 1. The molecule has 0 aliphatic carbocycles. The molecule has 1 fully saturated rings. The number of nitrogens with one attached hydrogen (secondary N) is 1. The molecule has 0 radical (unpaired) electrons. The second-order valence-corrected chi connectivity index (χ2v) is 6.78. The number of hydrogen-bond acceptors (Lipinski definition) is 3. The first-order valence-corrected chi connectivity index (χ1v) is 9.35. The van der Waals surface area contributed by atoms with Crippen LogP contribution in [0, 0.1) is 5.82 Å². The average Bonchev–Trinajstić information content (AvgIpc) is 2.94. The molecule has 6 heteroatoms. The molecule has 1 N–H and O–H groups in total. The molecule has 1 atom stereocenters. The lowest BCUT2D eigenvalue weighted by Gasteiger charge is -2.25. The summed E-state index contributed by atoms with van der Waals surface area (Å²) in [5, 5.41) is 2.98. The lowest BCUT2D eigenvalue weighted by atomic mass is 10.3. The van der Waals surface area contributed by atoms with Crippen molar-refractivity contribution in [3.63, 3.8) is 0 Å². The van der Waals surface area contributed by atoms with Crippen LogP contribution in [0.5, 0.6) is 5.75 Å². The first kappa shape index (κ1) is 19.0. The van der Waals surface area contributed by atoms with Gasteiger partial charge >= 0.3 is 6.03 Å². The number of carbonyl (C=O) groups is 1. The Bertz CT molecular complexity index is 724. The molecule has 0 bridgehead atoms. The second kappa shape index (κ2) is 9.26. The Kier molecular flexibility index (Phi) is 6.52.